The van der Waals surface area contributed by atoms with Crippen LogP contribution in [0.5, 0.6) is 0 Å². The van der Waals surface area contributed by atoms with Crippen molar-refractivity contribution in [2.24, 2.45) is 0 Å². The third-order valence-corrected chi connectivity index (χ3v) is 7.28. The van der Waals surface area contributed by atoms with E-state index >= 15 is 0 Å². The largest absolute Gasteiger partial charge is 0.444 e. The van der Waals surface area contributed by atoms with Crippen LogP contribution in [0.2, 0.25) is 5.02 Å². The molecule has 0 aromatic heterocycles. The lowest BCUT2D eigenvalue weighted by molar-refractivity contribution is -0.187. The predicted molar refractivity (Wildman–Crippen MR) is 133 cm³/mol. The molecule has 0 bridgehead atoms. The van der Waals surface area contributed by atoms with Crippen molar-refractivity contribution in [1.82, 2.24) is 4.90 Å². The summed E-state index contributed by atoms with van der Waals surface area (Å²) in [6.45, 7) is 7.05. The summed E-state index contributed by atoms with van der Waals surface area (Å²) < 4.78 is 48.9. The minimum Gasteiger partial charge on any atom is -0.444 e. The highest BCUT2D eigenvalue weighted by molar-refractivity contribution is 6.32. The molecule has 4 rings (SSSR count). The summed E-state index contributed by atoms with van der Waals surface area (Å²) in [6.07, 6.45) is -4.20. The van der Waals surface area contributed by atoms with Gasteiger partial charge in [0.05, 0.1) is 22.0 Å². The molecule has 37 heavy (non-hydrogen) atoms. The molecule has 2 amide bonds. The lowest BCUT2D eigenvalue weighted by Gasteiger charge is -2.34. The molecular weight excluding hydrogens is 507 g/mol. The number of nitriles is 1. The third kappa shape index (κ3) is 4.63. The maximum Gasteiger partial charge on any atom is 0.410 e. The minimum absolute atomic E-state index is 0.00708. The number of halogens is 4. The highest BCUT2D eigenvalue weighted by atomic mass is 35.5. The summed E-state index contributed by atoms with van der Waals surface area (Å²) in [5, 5.41) is 9.63. The van der Waals surface area contributed by atoms with Crippen LogP contribution >= 0.6 is 11.6 Å². The van der Waals surface area contributed by atoms with Crippen molar-refractivity contribution in [3.63, 3.8) is 0 Å². The fourth-order valence-corrected chi connectivity index (χ4v) is 5.11. The number of piperidine rings is 1. The van der Waals surface area contributed by atoms with E-state index in [1.54, 1.807) is 31.7 Å². The van der Waals surface area contributed by atoms with Gasteiger partial charge in [-0.2, -0.15) is 18.4 Å². The normalized spacial score (nSPS) is 20.6. The summed E-state index contributed by atoms with van der Waals surface area (Å²) in [5.41, 5.74) is -2.92. The number of benzene rings is 2. The van der Waals surface area contributed by atoms with Crippen LogP contribution in [0.1, 0.15) is 63.1 Å². The van der Waals surface area contributed by atoms with E-state index in [0.717, 1.165) is 11.8 Å². The number of nitrogens with zero attached hydrogens (tertiary/aromatic N) is 3. The van der Waals surface area contributed by atoms with Gasteiger partial charge in [-0.15, -0.1) is 0 Å². The molecule has 196 valence electrons. The first-order chi connectivity index (χ1) is 17.2. The zero-order valence-corrected chi connectivity index (χ0v) is 21.7. The van der Waals surface area contributed by atoms with Gasteiger partial charge in [0.15, 0.2) is 5.41 Å². The number of likely N-dealkylation sites (tertiary alicyclic amines) is 1. The molecule has 0 spiro atoms. The van der Waals surface area contributed by atoms with Crippen molar-refractivity contribution in [1.29, 1.82) is 5.26 Å². The Kier molecular flexibility index (Phi) is 6.70. The topological polar surface area (TPSA) is 73.6 Å². The van der Waals surface area contributed by atoms with E-state index in [9.17, 15) is 28.0 Å². The van der Waals surface area contributed by atoms with Gasteiger partial charge in [-0.05, 0) is 70.2 Å². The third-order valence-electron chi connectivity index (χ3n) is 6.96. The average Bonchev–Trinajstić information content (AvgIpc) is 3.05. The lowest BCUT2D eigenvalue weighted by atomic mass is 9.80. The predicted octanol–water partition coefficient (Wildman–Crippen LogP) is 6.82. The average molecular weight is 534 g/mol. The SMILES string of the molecule is CC(C)(C)OC(=O)N1CCC(c2ccc3c(c2)C(C)(C(F)(F)F)C(=O)N3c2cccc(Cl)c2C#N)CC1. The van der Waals surface area contributed by atoms with Gasteiger partial charge in [-0.3, -0.25) is 9.69 Å². The smallest absolute Gasteiger partial charge is 0.410 e. The molecule has 1 saturated heterocycles. The van der Waals surface area contributed by atoms with Crippen LogP contribution in [0.3, 0.4) is 0 Å². The van der Waals surface area contributed by atoms with E-state index < -0.39 is 29.2 Å². The summed E-state index contributed by atoms with van der Waals surface area (Å²) in [4.78, 5) is 28.4. The van der Waals surface area contributed by atoms with Crippen molar-refractivity contribution < 1.29 is 27.5 Å². The Morgan fingerprint density at radius 2 is 1.78 bits per heavy atom. The number of carbonyl (C=O) groups is 2. The molecule has 0 aliphatic carbocycles. The second-order valence-electron chi connectivity index (χ2n) is 10.5. The molecule has 0 N–H and O–H groups in total. The number of hydrogen-bond donors (Lipinski definition) is 0. The number of alkyl halides is 3. The molecule has 2 aromatic carbocycles. The Balaban J connectivity index is 1.70. The summed E-state index contributed by atoms with van der Waals surface area (Å²) in [7, 11) is 0. The Morgan fingerprint density at radius 3 is 2.35 bits per heavy atom. The number of carbonyl (C=O) groups excluding carboxylic acids is 2. The number of fused-ring (bicyclic) bond motifs is 1. The number of ether oxygens (including phenoxy) is 1. The summed E-state index contributed by atoms with van der Waals surface area (Å²) in [6, 6.07) is 10.9. The molecule has 2 aliphatic rings. The standard InChI is InChI=1S/C27H27ClF3N3O3/c1-25(2,3)37-24(36)33-12-10-16(11-13-33)17-8-9-22-19(14-17)26(4,27(29,30)31)23(35)34(22)21-7-5-6-20(28)18(21)15-32/h5-9,14,16H,10-13H2,1-4H3. The number of amides is 2. The van der Waals surface area contributed by atoms with Gasteiger partial charge in [-0.1, -0.05) is 29.8 Å². The summed E-state index contributed by atoms with van der Waals surface area (Å²) in [5.74, 6) is -1.28. The molecular formula is C27H27ClF3N3O3. The van der Waals surface area contributed by atoms with Crippen LogP contribution in [0.4, 0.5) is 29.3 Å². The Hall–Kier alpha value is -3.25. The highest BCUT2D eigenvalue weighted by Crippen LogP contribution is 2.54. The summed E-state index contributed by atoms with van der Waals surface area (Å²) >= 11 is 6.12. The number of anilines is 2. The number of rotatable bonds is 2. The van der Waals surface area contributed by atoms with Gasteiger partial charge in [0, 0.05) is 18.7 Å². The van der Waals surface area contributed by atoms with E-state index in [1.165, 1.54) is 30.3 Å². The Morgan fingerprint density at radius 1 is 1.14 bits per heavy atom. The molecule has 0 saturated carbocycles. The van der Waals surface area contributed by atoms with Crippen LogP contribution in [-0.2, 0) is 14.9 Å². The van der Waals surface area contributed by atoms with E-state index in [1.807, 2.05) is 6.07 Å². The van der Waals surface area contributed by atoms with Crippen LogP contribution < -0.4 is 4.90 Å². The fourth-order valence-electron chi connectivity index (χ4n) is 4.90. The molecule has 6 nitrogen and oxygen atoms in total. The maximum atomic E-state index is 14.5. The number of hydrogen-bond acceptors (Lipinski definition) is 4. The van der Waals surface area contributed by atoms with Crippen molar-refractivity contribution in [3.05, 3.63) is 58.1 Å². The van der Waals surface area contributed by atoms with Gasteiger partial charge in [0.1, 0.15) is 11.7 Å². The monoisotopic (exact) mass is 533 g/mol. The van der Waals surface area contributed by atoms with E-state index in [4.69, 9.17) is 16.3 Å². The van der Waals surface area contributed by atoms with Crippen LogP contribution in [-0.4, -0.2) is 41.8 Å². The van der Waals surface area contributed by atoms with Crippen molar-refractivity contribution >= 4 is 35.0 Å². The molecule has 1 unspecified atom stereocenters. The molecule has 1 fully saturated rings. The Labute approximate surface area is 218 Å². The first kappa shape index (κ1) is 26.8. The second-order valence-corrected chi connectivity index (χ2v) is 10.9. The molecule has 2 heterocycles. The first-order valence-electron chi connectivity index (χ1n) is 11.9. The van der Waals surface area contributed by atoms with Crippen molar-refractivity contribution in [3.8, 4) is 6.07 Å². The van der Waals surface area contributed by atoms with Crippen LogP contribution in [0.25, 0.3) is 0 Å². The van der Waals surface area contributed by atoms with E-state index in [0.29, 0.717) is 31.5 Å². The lowest BCUT2D eigenvalue weighted by Crippen LogP contribution is -2.47. The minimum atomic E-state index is -4.88. The van der Waals surface area contributed by atoms with Gasteiger partial charge >= 0.3 is 12.3 Å². The van der Waals surface area contributed by atoms with Crippen molar-refractivity contribution in [2.45, 2.75) is 63.6 Å². The molecule has 0 radical (unpaired) electrons. The van der Waals surface area contributed by atoms with E-state index in [2.05, 4.69) is 0 Å². The maximum absolute atomic E-state index is 14.5. The van der Waals surface area contributed by atoms with Gasteiger partial charge in [-0.25, -0.2) is 4.79 Å². The van der Waals surface area contributed by atoms with Crippen molar-refractivity contribution in [2.75, 3.05) is 18.0 Å². The quantitative estimate of drug-likeness (QED) is 0.424. The Bertz CT molecular complexity index is 1290. The first-order valence-corrected chi connectivity index (χ1v) is 12.3. The van der Waals surface area contributed by atoms with Gasteiger partial charge in [0.25, 0.3) is 5.91 Å². The second kappa shape index (κ2) is 9.25. The fraction of sp³-hybridized carbons (Fsp3) is 0.444. The molecule has 2 aliphatic heterocycles. The van der Waals surface area contributed by atoms with E-state index in [-0.39, 0.29) is 33.4 Å². The molecule has 10 heteroatoms. The highest BCUT2D eigenvalue weighted by Gasteiger charge is 2.64. The van der Waals surface area contributed by atoms with Crippen LogP contribution in [0, 0.1) is 11.3 Å². The molecule has 1 atom stereocenters. The van der Waals surface area contributed by atoms with Gasteiger partial charge in [0.2, 0.25) is 0 Å². The van der Waals surface area contributed by atoms with Gasteiger partial charge < -0.3 is 9.64 Å². The zero-order valence-electron chi connectivity index (χ0n) is 20.9. The van der Waals surface area contributed by atoms with Crippen LogP contribution in [0.15, 0.2) is 36.4 Å². The zero-order chi connectivity index (χ0) is 27.3. The molecule has 2 aromatic rings.